The van der Waals surface area contributed by atoms with E-state index >= 15 is 0 Å². The summed E-state index contributed by atoms with van der Waals surface area (Å²) < 4.78 is 18.5. The van der Waals surface area contributed by atoms with Crippen molar-refractivity contribution in [3.8, 4) is 17.2 Å². The average molecular weight is 560 g/mol. The number of benzene rings is 2. The third-order valence-electron chi connectivity index (χ3n) is 9.62. The maximum absolute atomic E-state index is 14.0. The van der Waals surface area contributed by atoms with Crippen molar-refractivity contribution in [2.24, 2.45) is 0 Å². The summed E-state index contributed by atoms with van der Waals surface area (Å²) in [6, 6.07) is 15.1. The van der Waals surface area contributed by atoms with Crippen molar-refractivity contribution in [1.29, 1.82) is 0 Å². The Balaban J connectivity index is 1.47. The minimum atomic E-state index is -2.14. The molecule has 212 valence electrons. The zero-order valence-corrected chi connectivity index (χ0v) is 25.5. The van der Waals surface area contributed by atoms with Crippen LogP contribution in [0, 0.1) is 0 Å². The van der Waals surface area contributed by atoms with E-state index in [0.29, 0.717) is 28.9 Å². The molecule has 0 amide bonds. The van der Waals surface area contributed by atoms with Gasteiger partial charge in [-0.25, -0.2) is 23.5 Å². The normalized spacial score (nSPS) is 19.4. The predicted octanol–water partition coefficient (Wildman–Crippen LogP) is 6.70. The number of allylic oxidation sites excluding steroid dienone is 1. The summed E-state index contributed by atoms with van der Waals surface area (Å²) in [5.41, 5.74) is 2.83. The van der Waals surface area contributed by atoms with E-state index in [-0.39, 0.29) is 17.4 Å². The molecule has 1 aliphatic carbocycles. The molecule has 0 N–H and O–H groups in total. The molecule has 2 aliphatic heterocycles. The van der Waals surface area contributed by atoms with Crippen LogP contribution in [0.3, 0.4) is 0 Å². The minimum Gasteiger partial charge on any atom is -0.543 e. The van der Waals surface area contributed by atoms with E-state index in [2.05, 4.69) is 65.8 Å². The van der Waals surface area contributed by atoms with Gasteiger partial charge in [-0.1, -0.05) is 65.8 Å². The Morgan fingerprint density at radius 2 is 1.55 bits per heavy atom. The molecular weight excluding hydrogens is 518 g/mol. The zero-order valence-electron chi connectivity index (χ0n) is 24.5. The lowest BCUT2D eigenvalue weighted by molar-refractivity contribution is 0.0211. The van der Waals surface area contributed by atoms with Gasteiger partial charge in [0.25, 0.3) is 8.32 Å². The highest BCUT2D eigenvalue weighted by molar-refractivity contribution is 6.78. The summed E-state index contributed by atoms with van der Waals surface area (Å²) >= 11 is 0. The molecule has 6 rings (SSSR count). The van der Waals surface area contributed by atoms with Gasteiger partial charge in [-0.3, -0.25) is 0 Å². The van der Waals surface area contributed by atoms with Crippen molar-refractivity contribution >= 4 is 13.9 Å². The van der Waals surface area contributed by atoms with E-state index < -0.39 is 13.9 Å². The monoisotopic (exact) mass is 559 g/mol. The third-order valence-corrected chi connectivity index (χ3v) is 15.6. The van der Waals surface area contributed by atoms with Gasteiger partial charge >= 0.3 is 11.4 Å². The number of nitrogens with zero attached hydrogens (tertiary/aromatic N) is 3. The molecule has 8 heteroatoms. The van der Waals surface area contributed by atoms with E-state index in [1.807, 2.05) is 18.2 Å². The first-order valence-electron chi connectivity index (χ1n) is 14.8. The Bertz CT molecular complexity index is 1550. The van der Waals surface area contributed by atoms with Gasteiger partial charge in [0.2, 0.25) is 0 Å². The lowest BCUT2D eigenvalue weighted by Crippen LogP contribution is -2.52. The van der Waals surface area contributed by atoms with Crippen LogP contribution in [0.15, 0.2) is 64.2 Å². The van der Waals surface area contributed by atoms with Crippen LogP contribution in [-0.4, -0.2) is 27.8 Å². The number of rotatable bonds is 6. The first-order valence-corrected chi connectivity index (χ1v) is 17.0. The molecule has 2 aromatic carbocycles. The van der Waals surface area contributed by atoms with E-state index in [4.69, 9.17) is 9.16 Å². The highest BCUT2D eigenvalue weighted by atomic mass is 28.4. The first kappa shape index (κ1) is 26.9. The largest absolute Gasteiger partial charge is 0.543 e. The molecule has 0 saturated heterocycles. The number of para-hydroxylation sites is 1. The number of hydrogen-bond donors (Lipinski definition) is 0. The highest BCUT2D eigenvalue weighted by Crippen LogP contribution is 2.55. The van der Waals surface area contributed by atoms with E-state index in [1.54, 1.807) is 21.5 Å². The van der Waals surface area contributed by atoms with Crippen LogP contribution < -0.4 is 20.5 Å². The zero-order chi connectivity index (χ0) is 28.4. The SMILES string of the molecule is CC(C)[Si](Oc1ccc2c(c1)OC1(CCCC1)C1C2=CCn2c(=O)n(-c3ccccc3)c(=O)n21)(C(C)C)C(C)C. The summed E-state index contributed by atoms with van der Waals surface area (Å²) in [5, 5.41) is 0. The van der Waals surface area contributed by atoms with Crippen molar-refractivity contribution in [1.82, 2.24) is 13.9 Å². The molecule has 3 aromatic rings. The number of ether oxygens (including phenoxy) is 1. The van der Waals surface area contributed by atoms with Gasteiger partial charge in [0.1, 0.15) is 23.1 Å². The van der Waals surface area contributed by atoms with Gasteiger partial charge in [0, 0.05) is 11.6 Å². The molecule has 0 bridgehead atoms. The molecule has 1 unspecified atom stereocenters. The van der Waals surface area contributed by atoms with E-state index in [0.717, 1.165) is 48.3 Å². The fraction of sp³-hybridized carbons (Fsp3) is 0.500. The van der Waals surface area contributed by atoms with Gasteiger partial charge in [-0.05, 0) is 72.1 Å². The molecule has 1 spiro atoms. The van der Waals surface area contributed by atoms with E-state index in [1.165, 1.54) is 4.57 Å². The Hall–Kier alpha value is -3.26. The number of aromatic nitrogens is 3. The summed E-state index contributed by atoms with van der Waals surface area (Å²) in [4.78, 5) is 27.5. The molecule has 40 heavy (non-hydrogen) atoms. The van der Waals surface area contributed by atoms with Crippen LogP contribution in [0.25, 0.3) is 11.3 Å². The van der Waals surface area contributed by atoms with Gasteiger partial charge in [0.05, 0.1) is 12.2 Å². The molecule has 1 fully saturated rings. The Morgan fingerprint density at radius 1 is 0.900 bits per heavy atom. The van der Waals surface area contributed by atoms with E-state index in [9.17, 15) is 9.59 Å². The van der Waals surface area contributed by atoms with Crippen LogP contribution >= 0.6 is 0 Å². The van der Waals surface area contributed by atoms with Crippen molar-refractivity contribution in [2.45, 2.75) is 102 Å². The average Bonchev–Trinajstić information content (AvgIpc) is 3.49. The van der Waals surface area contributed by atoms with Gasteiger partial charge < -0.3 is 9.16 Å². The van der Waals surface area contributed by atoms with Crippen molar-refractivity contribution in [3.05, 3.63) is 81.1 Å². The van der Waals surface area contributed by atoms with Gasteiger partial charge in [-0.2, -0.15) is 0 Å². The molecule has 1 aromatic heterocycles. The van der Waals surface area contributed by atoms with Crippen molar-refractivity contribution < 1.29 is 9.16 Å². The maximum Gasteiger partial charge on any atom is 0.352 e. The fourth-order valence-electron chi connectivity index (χ4n) is 7.97. The van der Waals surface area contributed by atoms with Crippen LogP contribution in [0.1, 0.15) is 78.8 Å². The van der Waals surface area contributed by atoms with Crippen LogP contribution in [0.5, 0.6) is 11.5 Å². The molecular formula is C32H41N3O4Si. The highest BCUT2D eigenvalue weighted by Gasteiger charge is 2.53. The van der Waals surface area contributed by atoms with Crippen molar-refractivity contribution in [2.75, 3.05) is 0 Å². The summed E-state index contributed by atoms with van der Waals surface area (Å²) in [5.74, 6) is 1.70. The van der Waals surface area contributed by atoms with Gasteiger partial charge in [-0.15, -0.1) is 0 Å². The fourth-order valence-corrected chi connectivity index (χ4v) is 13.2. The molecule has 1 saturated carbocycles. The summed E-state index contributed by atoms with van der Waals surface area (Å²) in [7, 11) is -2.14. The van der Waals surface area contributed by atoms with Crippen molar-refractivity contribution in [3.63, 3.8) is 0 Å². The third kappa shape index (κ3) is 3.82. The topological polar surface area (TPSA) is 67.4 Å². The lowest BCUT2D eigenvalue weighted by Gasteiger charge is -2.46. The molecule has 0 radical (unpaired) electrons. The number of hydrogen-bond acceptors (Lipinski definition) is 4. The maximum atomic E-state index is 14.0. The summed E-state index contributed by atoms with van der Waals surface area (Å²) in [6.45, 7) is 14.1. The Kier molecular flexibility index (Phi) is 6.52. The number of fused-ring (bicyclic) bond motifs is 6. The molecule has 1 atom stereocenters. The summed E-state index contributed by atoms with van der Waals surface area (Å²) in [6.07, 6.45) is 5.84. The molecule has 3 aliphatic rings. The Morgan fingerprint density at radius 3 is 2.17 bits per heavy atom. The van der Waals surface area contributed by atoms with Gasteiger partial charge in [0.15, 0.2) is 0 Å². The first-order chi connectivity index (χ1) is 19.1. The van der Waals surface area contributed by atoms with Crippen LogP contribution in [0.4, 0.5) is 0 Å². The quantitative estimate of drug-likeness (QED) is 0.315. The molecule has 3 heterocycles. The second kappa shape index (κ2) is 9.68. The molecule has 7 nitrogen and oxygen atoms in total. The van der Waals surface area contributed by atoms with Crippen LogP contribution in [0.2, 0.25) is 16.6 Å². The second-order valence-corrected chi connectivity index (χ2v) is 18.1. The second-order valence-electron chi connectivity index (χ2n) is 12.7. The minimum absolute atomic E-state index is 0.313. The smallest absolute Gasteiger partial charge is 0.352 e. The lowest BCUT2D eigenvalue weighted by atomic mass is 9.80. The standard InChI is InChI=1S/C32H41N3O4Si/c1-21(2)40(22(3)4,23(5)6)39-25-14-15-26-27-16-19-33-30(36)34(24-12-8-7-9-13-24)31(37)35(33)29(27)32(17-10-11-18-32)38-28(26)20-25/h7-9,12-16,20-23,29H,10-11,17-19H2,1-6H3. The predicted molar refractivity (Wildman–Crippen MR) is 161 cm³/mol. The Labute approximate surface area is 237 Å². The van der Waals surface area contributed by atoms with Crippen LogP contribution in [-0.2, 0) is 6.54 Å².